The number of aromatic amines is 1. The minimum atomic E-state index is -4.80. The van der Waals surface area contributed by atoms with Crippen molar-refractivity contribution in [2.75, 3.05) is 0 Å². The standard InChI is InChI=1S/C20H19F3N6O3/c1-19(2,3)27-18(30)31-14-9-25-17-16(14)26-12(8-24-17)15-11-6-5-10(32-20(21,22)23)7-13(11)29(4)28-15/h5-9H,1-4H3,(H,24,25)(H,27,30). The number of alkyl halides is 3. The van der Waals surface area contributed by atoms with Gasteiger partial charge in [-0.2, -0.15) is 5.10 Å². The Labute approximate surface area is 179 Å². The first-order chi connectivity index (χ1) is 14.9. The van der Waals surface area contributed by atoms with Crippen LogP contribution >= 0.6 is 0 Å². The Hall–Kier alpha value is -3.83. The Morgan fingerprint density at radius 3 is 2.66 bits per heavy atom. The van der Waals surface area contributed by atoms with E-state index in [1.165, 1.54) is 35.3 Å². The van der Waals surface area contributed by atoms with Crippen LogP contribution in [0, 0.1) is 0 Å². The van der Waals surface area contributed by atoms with E-state index >= 15 is 0 Å². The number of aromatic nitrogens is 5. The molecule has 4 aromatic rings. The van der Waals surface area contributed by atoms with Crippen LogP contribution in [0.4, 0.5) is 18.0 Å². The average Bonchev–Trinajstić information content (AvgIpc) is 3.20. The Morgan fingerprint density at radius 2 is 1.97 bits per heavy atom. The van der Waals surface area contributed by atoms with Crippen LogP contribution in [0.2, 0.25) is 0 Å². The summed E-state index contributed by atoms with van der Waals surface area (Å²) in [6.07, 6.45) is -2.50. The number of fused-ring (bicyclic) bond motifs is 2. The molecule has 0 aliphatic carbocycles. The highest BCUT2D eigenvalue weighted by Crippen LogP contribution is 2.32. The largest absolute Gasteiger partial charge is 0.573 e. The molecule has 9 nitrogen and oxygen atoms in total. The fraction of sp³-hybridized carbons (Fsp3) is 0.300. The third-order valence-corrected chi connectivity index (χ3v) is 4.32. The topological polar surface area (TPSA) is 107 Å². The molecule has 3 heterocycles. The van der Waals surface area contributed by atoms with Gasteiger partial charge in [0.1, 0.15) is 17.1 Å². The zero-order valence-corrected chi connectivity index (χ0v) is 17.5. The van der Waals surface area contributed by atoms with Gasteiger partial charge in [-0.25, -0.2) is 14.8 Å². The molecule has 3 aromatic heterocycles. The van der Waals surface area contributed by atoms with Crippen LogP contribution in [-0.2, 0) is 7.05 Å². The maximum Gasteiger partial charge on any atom is 0.573 e. The molecule has 0 unspecified atom stereocenters. The predicted octanol–water partition coefficient (Wildman–Crippen LogP) is 4.30. The first-order valence-electron chi connectivity index (χ1n) is 9.47. The molecule has 0 aliphatic heterocycles. The van der Waals surface area contributed by atoms with E-state index in [-0.39, 0.29) is 11.5 Å². The van der Waals surface area contributed by atoms with Crippen molar-refractivity contribution < 1.29 is 27.4 Å². The van der Waals surface area contributed by atoms with Crippen LogP contribution in [0.3, 0.4) is 0 Å². The normalized spacial score (nSPS) is 12.3. The minimum Gasteiger partial charge on any atom is -0.406 e. The Kier molecular flexibility index (Phi) is 4.94. The van der Waals surface area contributed by atoms with Crippen molar-refractivity contribution in [1.29, 1.82) is 0 Å². The van der Waals surface area contributed by atoms with Crippen LogP contribution < -0.4 is 14.8 Å². The van der Waals surface area contributed by atoms with Gasteiger partial charge in [0.15, 0.2) is 16.9 Å². The lowest BCUT2D eigenvalue weighted by Crippen LogP contribution is -2.42. The van der Waals surface area contributed by atoms with Crippen molar-refractivity contribution in [3.8, 4) is 22.9 Å². The molecule has 0 spiro atoms. The van der Waals surface area contributed by atoms with Crippen molar-refractivity contribution in [2.45, 2.75) is 32.7 Å². The van der Waals surface area contributed by atoms with Gasteiger partial charge in [0.2, 0.25) is 0 Å². The molecular weight excluding hydrogens is 429 g/mol. The number of hydrogen-bond acceptors (Lipinski definition) is 6. The summed E-state index contributed by atoms with van der Waals surface area (Å²) < 4.78 is 48.4. The lowest BCUT2D eigenvalue weighted by molar-refractivity contribution is -0.274. The molecule has 1 aromatic carbocycles. The average molecular weight is 448 g/mol. The molecule has 1 amide bonds. The summed E-state index contributed by atoms with van der Waals surface area (Å²) in [5.74, 6) is -0.176. The van der Waals surface area contributed by atoms with Crippen LogP contribution in [0.5, 0.6) is 11.5 Å². The van der Waals surface area contributed by atoms with E-state index < -0.39 is 18.0 Å². The predicted molar refractivity (Wildman–Crippen MR) is 109 cm³/mol. The Balaban J connectivity index is 1.71. The second-order valence-electron chi connectivity index (χ2n) is 8.07. The number of benzene rings is 1. The fourth-order valence-electron chi connectivity index (χ4n) is 3.12. The van der Waals surface area contributed by atoms with Gasteiger partial charge in [0.05, 0.1) is 11.7 Å². The van der Waals surface area contributed by atoms with E-state index in [0.717, 1.165) is 0 Å². The molecule has 0 radical (unpaired) electrons. The molecule has 4 rings (SSSR count). The smallest absolute Gasteiger partial charge is 0.406 e. The molecule has 12 heteroatoms. The van der Waals surface area contributed by atoms with Gasteiger partial charge in [-0.05, 0) is 32.9 Å². The molecule has 0 saturated carbocycles. The number of aryl methyl sites for hydroxylation is 1. The third-order valence-electron chi connectivity index (χ3n) is 4.32. The molecule has 0 atom stereocenters. The van der Waals surface area contributed by atoms with Gasteiger partial charge < -0.3 is 19.8 Å². The second-order valence-corrected chi connectivity index (χ2v) is 8.07. The zero-order valence-electron chi connectivity index (χ0n) is 17.5. The van der Waals surface area contributed by atoms with Gasteiger partial charge in [-0.1, -0.05) is 0 Å². The minimum absolute atomic E-state index is 0.178. The first-order valence-corrected chi connectivity index (χ1v) is 9.47. The molecule has 0 aliphatic rings. The van der Waals surface area contributed by atoms with E-state index in [0.29, 0.717) is 33.5 Å². The van der Waals surface area contributed by atoms with Gasteiger partial charge >= 0.3 is 12.5 Å². The van der Waals surface area contributed by atoms with Crippen molar-refractivity contribution in [2.24, 2.45) is 7.05 Å². The van der Waals surface area contributed by atoms with Gasteiger partial charge in [-0.3, -0.25) is 4.68 Å². The van der Waals surface area contributed by atoms with Crippen LogP contribution in [0.1, 0.15) is 20.8 Å². The molecular formula is C20H19F3N6O3. The number of nitrogens with one attached hydrogen (secondary N) is 2. The summed E-state index contributed by atoms with van der Waals surface area (Å²) >= 11 is 0. The molecule has 0 saturated heterocycles. The SMILES string of the molecule is Cn1nc(-c2cnc3[nH]cc(OC(=O)NC(C)(C)C)c3n2)c2ccc(OC(F)(F)F)cc21. The van der Waals surface area contributed by atoms with Crippen molar-refractivity contribution >= 4 is 28.2 Å². The number of carbonyl (C=O) groups is 1. The van der Waals surface area contributed by atoms with Gasteiger partial charge in [0, 0.05) is 30.2 Å². The summed E-state index contributed by atoms with van der Waals surface area (Å²) in [6, 6.07) is 3.91. The van der Waals surface area contributed by atoms with Crippen molar-refractivity contribution in [3.05, 3.63) is 30.6 Å². The number of hydrogen-bond donors (Lipinski definition) is 2. The monoisotopic (exact) mass is 448 g/mol. The second kappa shape index (κ2) is 7.39. The summed E-state index contributed by atoms with van der Waals surface area (Å²) in [6.45, 7) is 5.45. The first kappa shape index (κ1) is 21.4. The highest BCUT2D eigenvalue weighted by Gasteiger charge is 2.31. The number of amides is 1. The summed E-state index contributed by atoms with van der Waals surface area (Å²) in [5.41, 5.74) is 1.39. The number of halogens is 3. The van der Waals surface area contributed by atoms with E-state index in [4.69, 9.17) is 4.74 Å². The van der Waals surface area contributed by atoms with E-state index in [2.05, 4.69) is 30.1 Å². The molecule has 0 bridgehead atoms. The van der Waals surface area contributed by atoms with Gasteiger partial charge in [0.25, 0.3) is 0 Å². The number of nitrogens with zero attached hydrogens (tertiary/aromatic N) is 4. The molecule has 168 valence electrons. The molecule has 2 N–H and O–H groups in total. The van der Waals surface area contributed by atoms with Crippen LogP contribution in [0.15, 0.2) is 30.6 Å². The van der Waals surface area contributed by atoms with Crippen LogP contribution in [0.25, 0.3) is 33.5 Å². The fourth-order valence-corrected chi connectivity index (χ4v) is 3.12. The lowest BCUT2D eigenvalue weighted by Gasteiger charge is -2.19. The number of rotatable bonds is 3. The highest BCUT2D eigenvalue weighted by atomic mass is 19.4. The zero-order chi connectivity index (χ0) is 23.3. The Bertz CT molecular complexity index is 1320. The highest BCUT2D eigenvalue weighted by molar-refractivity contribution is 5.94. The maximum absolute atomic E-state index is 12.5. The number of H-pyrrole nitrogens is 1. The van der Waals surface area contributed by atoms with E-state index in [9.17, 15) is 18.0 Å². The summed E-state index contributed by atoms with van der Waals surface area (Å²) in [7, 11) is 1.59. The quantitative estimate of drug-likeness (QED) is 0.484. The van der Waals surface area contributed by atoms with Crippen molar-refractivity contribution in [1.82, 2.24) is 30.0 Å². The van der Waals surface area contributed by atoms with Crippen LogP contribution in [-0.4, -0.2) is 42.7 Å². The summed E-state index contributed by atoms with van der Waals surface area (Å²) in [5, 5.41) is 7.62. The summed E-state index contributed by atoms with van der Waals surface area (Å²) in [4.78, 5) is 23.8. The Morgan fingerprint density at radius 1 is 1.22 bits per heavy atom. The van der Waals surface area contributed by atoms with Gasteiger partial charge in [-0.15, -0.1) is 13.2 Å². The number of ether oxygens (including phenoxy) is 2. The van der Waals surface area contributed by atoms with E-state index in [1.54, 1.807) is 7.05 Å². The number of carbonyl (C=O) groups excluding carboxylic acids is 1. The molecule has 32 heavy (non-hydrogen) atoms. The van der Waals surface area contributed by atoms with Crippen molar-refractivity contribution in [3.63, 3.8) is 0 Å². The molecule has 0 fully saturated rings. The van der Waals surface area contributed by atoms with E-state index in [1.807, 2.05) is 20.8 Å². The maximum atomic E-state index is 12.5. The third kappa shape index (κ3) is 4.43. The lowest BCUT2D eigenvalue weighted by atomic mass is 10.1.